The molecule has 2 amide bonds. The maximum Gasteiger partial charge on any atom is 0.316 e. The number of carbonyl (C=O) groups excluding carboxylic acids is 1. The van der Waals surface area contributed by atoms with E-state index in [0.717, 1.165) is 25.2 Å². The number of nitrogens with one attached hydrogen (secondary N) is 3. The van der Waals surface area contributed by atoms with Crippen molar-refractivity contribution >= 4 is 34.4 Å². The lowest BCUT2D eigenvalue weighted by Gasteiger charge is -2.18. The SMILES string of the molecule is CC(C)n1c(=O)c2cnc(Nc3ccc4c(c3)CNCC4)nc2n1-c1cccc(NC(N)=O)c1. The minimum absolute atomic E-state index is 0.140. The number of benzene rings is 2. The Kier molecular flexibility index (Phi) is 5.50. The first-order chi connectivity index (χ1) is 16.4. The molecule has 0 spiro atoms. The van der Waals surface area contributed by atoms with Gasteiger partial charge in [0.1, 0.15) is 5.39 Å². The van der Waals surface area contributed by atoms with Gasteiger partial charge < -0.3 is 21.7 Å². The second-order valence-corrected chi connectivity index (χ2v) is 8.56. The average molecular weight is 459 g/mol. The second kappa shape index (κ2) is 8.64. The third-order valence-electron chi connectivity index (χ3n) is 5.82. The molecule has 5 N–H and O–H groups in total. The van der Waals surface area contributed by atoms with Crippen LogP contribution < -0.4 is 27.2 Å². The average Bonchev–Trinajstić information content (AvgIpc) is 3.11. The van der Waals surface area contributed by atoms with E-state index >= 15 is 0 Å². The molecule has 34 heavy (non-hydrogen) atoms. The number of hydrogen-bond acceptors (Lipinski definition) is 6. The Bertz CT molecular complexity index is 1450. The Hall–Kier alpha value is -4.18. The van der Waals surface area contributed by atoms with E-state index in [0.29, 0.717) is 28.4 Å². The monoisotopic (exact) mass is 458 g/mol. The fraction of sp³-hybridized carbons (Fsp3) is 0.250. The van der Waals surface area contributed by atoms with Crippen LogP contribution in [-0.4, -0.2) is 31.9 Å². The molecule has 0 aliphatic carbocycles. The molecule has 10 heteroatoms. The van der Waals surface area contributed by atoms with Crippen LogP contribution in [0.25, 0.3) is 16.7 Å². The van der Waals surface area contributed by atoms with E-state index in [1.807, 2.05) is 26.0 Å². The second-order valence-electron chi connectivity index (χ2n) is 8.56. The molecule has 0 saturated carbocycles. The molecule has 0 saturated heterocycles. The van der Waals surface area contributed by atoms with E-state index in [-0.39, 0.29) is 11.6 Å². The quantitative estimate of drug-likeness (QED) is 0.363. The highest BCUT2D eigenvalue weighted by molar-refractivity contribution is 5.88. The molecule has 1 aliphatic rings. The largest absolute Gasteiger partial charge is 0.351 e. The summed E-state index contributed by atoms with van der Waals surface area (Å²) in [5, 5.41) is 9.64. The van der Waals surface area contributed by atoms with Crippen molar-refractivity contribution in [2.24, 2.45) is 5.73 Å². The molecule has 3 heterocycles. The summed E-state index contributed by atoms with van der Waals surface area (Å²) in [7, 11) is 0. The molecule has 5 rings (SSSR count). The Balaban J connectivity index is 1.60. The van der Waals surface area contributed by atoms with Gasteiger partial charge in [0.2, 0.25) is 5.95 Å². The van der Waals surface area contributed by atoms with Crippen LogP contribution in [0.1, 0.15) is 31.0 Å². The van der Waals surface area contributed by atoms with Crippen molar-refractivity contribution in [3.8, 4) is 5.69 Å². The Morgan fingerprint density at radius 3 is 2.79 bits per heavy atom. The number of fused-ring (bicyclic) bond motifs is 2. The summed E-state index contributed by atoms with van der Waals surface area (Å²) in [5.41, 5.74) is 10.2. The number of nitrogens with zero attached hydrogens (tertiary/aromatic N) is 4. The van der Waals surface area contributed by atoms with Crippen LogP contribution in [0, 0.1) is 0 Å². The zero-order valence-corrected chi connectivity index (χ0v) is 19.0. The number of rotatable bonds is 5. The lowest BCUT2D eigenvalue weighted by molar-refractivity contribution is 0.259. The number of urea groups is 1. The summed E-state index contributed by atoms with van der Waals surface area (Å²) in [6, 6.07) is 12.5. The first kappa shape index (κ1) is 21.7. The van der Waals surface area contributed by atoms with Gasteiger partial charge >= 0.3 is 6.03 Å². The van der Waals surface area contributed by atoms with E-state index in [2.05, 4.69) is 33.1 Å². The number of primary amides is 1. The summed E-state index contributed by atoms with van der Waals surface area (Å²) in [6.45, 7) is 5.67. The summed E-state index contributed by atoms with van der Waals surface area (Å²) < 4.78 is 3.37. The highest BCUT2D eigenvalue weighted by Crippen LogP contribution is 2.24. The van der Waals surface area contributed by atoms with Gasteiger partial charge in [-0.3, -0.25) is 4.79 Å². The number of aromatic nitrogens is 4. The summed E-state index contributed by atoms with van der Waals surface area (Å²) in [4.78, 5) is 33.6. The molecule has 1 aliphatic heterocycles. The topological polar surface area (TPSA) is 132 Å². The molecule has 0 radical (unpaired) electrons. The third kappa shape index (κ3) is 3.99. The molecule has 0 bridgehead atoms. The molecular weight excluding hydrogens is 432 g/mol. The summed E-state index contributed by atoms with van der Waals surface area (Å²) >= 11 is 0. The number of amides is 2. The van der Waals surface area contributed by atoms with E-state index in [9.17, 15) is 9.59 Å². The normalized spacial score (nSPS) is 13.1. The van der Waals surface area contributed by atoms with Gasteiger partial charge in [-0.2, -0.15) is 4.98 Å². The minimum Gasteiger partial charge on any atom is -0.351 e. The molecular formula is C24H26N8O2. The standard InChI is InChI=1S/C24H26N8O2/c1-14(2)31-22(33)20-13-27-24(29-18-7-6-15-8-9-26-12-16(15)10-18)30-21(20)32(31)19-5-3-4-17(11-19)28-23(25)34/h3-7,10-11,13-14,26H,8-9,12H2,1-2H3,(H3,25,28,34)(H,27,29,30). The summed E-state index contributed by atoms with van der Waals surface area (Å²) in [6.07, 6.45) is 2.56. The van der Waals surface area contributed by atoms with Crippen LogP contribution in [0.4, 0.5) is 22.1 Å². The van der Waals surface area contributed by atoms with Crippen molar-refractivity contribution in [2.45, 2.75) is 32.9 Å². The zero-order valence-electron chi connectivity index (χ0n) is 19.0. The Morgan fingerprint density at radius 2 is 2.00 bits per heavy atom. The van der Waals surface area contributed by atoms with Gasteiger partial charge in [0.25, 0.3) is 5.56 Å². The molecule has 0 atom stereocenters. The van der Waals surface area contributed by atoms with E-state index in [1.54, 1.807) is 33.8 Å². The predicted molar refractivity (Wildman–Crippen MR) is 132 cm³/mol. The highest BCUT2D eigenvalue weighted by atomic mass is 16.2. The first-order valence-electron chi connectivity index (χ1n) is 11.2. The van der Waals surface area contributed by atoms with Crippen LogP contribution in [0.2, 0.25) is 0 Å². The van der Waals surface area contributed by atoms with Gasteiger partial charge in [-0.05, 0) is 68.3 Å². The van der Waals surface area contributed by atoms with E-state index in [1.165, 1.54) is 11.1 Å². The summed E-state index contributed by atoms with van der Waals surface area (Å²) in [5.74, 6) is 0.386. The van der Waals surface area contributed by atoms with Gasteiger partial charge in [-0.1, -0.05) is 12.1 Å². The van der Waals surface area contributed by atoms with Crippen LogP contribution in [0.5, 0.6) is 0 Å². The van der Waals surface area contributed by atoms with Crippen LogP contribution >= 0.6 is 0 Å². The van der Waals surface area contributed by atoms with Crippen molar-refractivity contribution in [3.05, 3.63) is 70.1 Å². The number of anilines is 3. The fourth-order valence-corrected chi connectivity index (χ4v) is 4.32. The molecule has 0 unspecified atom stereocenters. The first-order valence-corrected chi connectivity index (χ1v) is 11.2. The van der Waals surface area contributed by atoms with Crippen LogP contribution in [-0.2, 0) is 13.0 Å². The van der Waals surface area contributed by atoms with Crippen molar-refractivity contribution in [2.75, 3.05) is 17.2 Å². The van der Waals surface area contributed by atoms with Gasteiger partial charge in [-0.25, -0.2) is 19.1 Å². The van der Waals surface area contributed by atoms with Crippen LogP contribution in [0.15, 0.2) is 53.5 Å². The smallest absolute Gasteiger partial charge is 0.316 e. The van der Waals surface area contributed by atoms with Crippen molar-refractivity contribution in [3.63, 3.8) is 0 Å². The fourth-order valence-electron chi connectivity index (χ4n) is 4.32. The van der Waals surface area contributed by atoms with Crippen molar-refractivity contribution < 1.29 is 4.79 Å². The minimum atomic E-state index is -0.662. The maximum absolute atomic E-state index is 13.2. The number of hydrogen-bond donors (Lipinski definition) is 4. The zero-order chi connectivity index (χ0) is 23.8. The lowest BCUT2D eigenvalue weighted by atomic mass is 10.0. The Labute approximate surface area is 195 Å². The van der Waals surface area contributed by atoms with Gasteiger partial charge in [0, 0.05) is 30.2 Å². The van der Waals surface area contributed by atoms with Gasteiger partial charge in [-0.15, -0.1) is 0 Å². The Morgan fingerprint density at radius 1 is 1.15 bits per heavy atom. The van der Waals surface area contributed by atoms with Crippen molar-refractivity contribution in [1.82, 2.24) is 24.6 Å². The molecule has 2 aromatic heterocycles. The highest BCUT2D eigenvalue weighted by Gasteiger charge is 2.20. The van der Waals surface area contributed by atoms with E-state index in [4.69, 9.17) is 10.7 Å². The van der Waals surface area contributed by atoms with Gasteiger partial charge in [0.05, 0.1) is 5.69 Å². The molecule has 10 nitrogen and oxygen atoms in total. The predicted octanol–water partition coefficient (Wildman–Crippen LogP) is 3.04. The van der Waals surface area contributed by atoms with E-state index < -0.39 is 6.03 Å². The number of carbonyl (C=O) groups is 1. The van der Waals surface area contributed by atoms with Crippen molar-refractivity contribution in [1.29, 1.82) is 0 Å². The lowest BCUT2D eigenvalue weighted by Crippen LogP contribution is -2.24. The molecule has 2 aromatic carbocycles. The molecule has 4 aromatic rings. The number of nitrogens with two attached hydrogens (primary N) is 1. The third-order valence-corrected chi connectivity index (χ3v) is 5.82. The van der Waals surface area contributed by atoms with Crippen LogP contribution in [0.3, 0.4) is 0 Å². The maximum atomic E-state index is 13.2. The van der Waals surface area contributed by atoms with Gasteiger partial charge in [0.15, 0.2) is 5.65 Å². The molecule has 174 valence electrons. The molecule has 0 fully saturated rings.